The molecule has 31 heavy (non-hydrogen) atoms. The van der Waals surface area contributed by atoms with Crippen LogP contribution in [0.1, 0.15) is 0 Å². The van der Waals surface area contributed by atoms with Crippen molar-refractivity contribution in [1.29, 1.82) is 0 Å². The lowest BCUT2D eigenvalue weighted by atomic mass is 9.59. The molecule has 5 aromatic rings. The van der Waals surface area contributed by atoms with E-state index in [2.05, 4.69) is 119 Å². The number of nitrogens with zero attached hydrogens (tertiary/aromatic N) is 3. The Kier molecular flexibility index (Phi) is 3.36. The summed E-state index contributed by atoms with van der Waals surface area (Å²) in [5, 5.41) is 1.16. The number of pyridine rings is 1. The van der Waals surface area contributed by atoms with Crippen LogP contribution >= 0.6 is 0 Å². The molecule has 144 valence electrons. The van der Waals surface area contributed by atoms with E-state index in [0.717, 1.165) is 16.7 Å². The molecule has 3 heterocycles. The average molecular weight is 395 g/mol. The van der Waals surface area contributed by atoms with Crippen molar-refractivity contribution >= 4 is 46.2 Å². The zero-order valence-electron chi connectivity index (χ0n) is 16.8. The highest BCUT2D eigenvalue weighted by Crippen LogP contribution is 2.50. The number of fused-ring (bicyclic) bond motifs is 9. The van der Waals surface area contributed by atoms with E-state index in [0.29, 0.717) is 0 Å². The quantitative estimate of drug-likeness (QED) is 0.330. The van der Waals surface area contributed by atoms with Crippen LogP contribution in [0, 0.1) is 0 Å². The Balaban J connectivity index is 1.53. The highest BCUT2D eigenvalue weighted by molar-refractivity contribution is 6.86. The van der Waals surface area contributed by atoms with E-state index in [4.69, 9.17) is 4.98 Å². The first-order valence-electron chi connectivity index (χ1n) is 10.6. The Morgan fingerprint density at radius 2 is 1.16 bits per heavy atom. The lowest BCUT2D eigenvalue weighted by molar-refractivity contribution is 1.28. The standard InChI is InChI=1S/C27H18BN3/c1-5-13-23-19(9-1)17-18-27(29-23)31-26-16-8-7-15-25(26)30-24-14-6-3-11-21(24)20-10-2-4-12-22(20)28(30)31/h1-18H. The van der Waals surface area contributed by atoms with E-state index in [1.54, 1.807) is 0 Å². The number of para-hydroxylation sites is 4. The summed E-state index contributed by atoms with van der Waals surface area (Å²) < 4.78 is 0. The molecule has 4 aromatic carbocycles. The first-order valence-corrected chi connectivity index (χ1v) is 10.6. The zero-order valence-corrected chi connectivity index (χ0v) is 16.8. The lowest BCUT2D eigenvalue weighted by Crippen LogP contribution is -2.55. The van der Waals surface area contributed by atoms with E-state index >= 15 is 0 Å². The molecule has 1 aromatic heterocycles. The molecule has 0 fully saturated rings. The van der Waals surface area contributed by atoms with Gasteiger partial charge in [0.05, 0.1) is 16.9 Å². The van der Waals surface area contributed by atoms with Crippen LogP contribution in [0.3, 0.4) is 0 Å². The van der Waals surface area contributed by atoms with Gasteiger partial charge in [0.1, 0.15) is 5.82 Å². The molecule has 2 aliphatic heterocycles. The highest BCUT2D eigenvalue weighted by Gasteiger charge is 2.47. The molecular weight excluding hydrogens is 377 g/mol. The summed E-state index contributed by atoms with van der Waals surface area (Å²) in [6.07, 6.45) is 0. The summed E-state index contributed by atoms with van der Waals surface area (Å²) >= 11 is 0. The monoisotopic (exact) mass is 395 g/mol. The molecule has 0 saturated carbocycles. The second-order valence-electron chi connectivity index (χ2n) is 8.07. The number of hydrogen-bond acceptors (Lipinski definition) is 3. The summed E-state index contributed by atoms with van der Waals surface area (Å²) in [5.74, 6) is 0.966. The lowest BCUT2D eigenvalue weighted by Gasteiger charge is -2.36. The Labute approximate surface area is 181 Å². The van der Waals surface area contributed by atoms with Gasteiger partial charge in [0, 0.05) is 16.6 Å². The van der Waals surface area contributed by atoms with Crippen LogP contribution in [-0.4, -0.2) is 12.0 Å². The topological polar surface area (TPSA) is 19.4 Å². The van der Waals surface area contributed by atoms with Crippen molar-refractivity contribution in [2.45, 2.75) is 0 Å². The fourth-order valence-corrected chi connectivity index (χ4v) is 5.11. The predicted molar refractivity (Wildman–Crippen MR) is 130 cm³/mol. The first-order chi connectivity index (χ1) is 15.4. The van der Waals surface area contributed by atoms with E-state index in [-0.39, 0.29) is 6.98 Å². The zero-order chi connectivity index (χ0) is 20.4. The Morgan fingerprint density at radius 3 is 2.03 bits per heavy atom. The Bertz CT molecular complexity index is 1480. The maximum atomic E-state index is 5.08. The third-order valence-corrected chi connectivity index (χ3v) is 6.41. The summed E-state index contributed by atoms with van der Waals surface area (Å²) in [6, 6.07) is 38.8. The van der Waals surface area contributed by atoms with Gasteiger partial charge in [-0.25, -0.2) is 4.98 Å². The van der Waals surface area contributed by atoms with E-state index in [1.807, 2.05) is 0 Å². The van der Waals surface area contributed by atoms with Crippen LogP contribution in [0.25, 0.3) is 22.0 Å². The molecule has 0 unspecified atom stereocenters. The van der Waals surface area contributed by atoms with Crippen LogP contribution in [0.15, 0.2) is 109 Å². The van der Waals surface area contributed by atoms with Gasteiger partial charge in [-0.15, -0.1) is 0 Å². The fraction of sp³-hybridized carbons (Fsp3) is 0. The van der Waals surface area contributed by atoms with Gasteiger partial charge in [-0.05, 0) is 47.4 Å². The van der Waals surface area contributed by atoms with Gasteiger partial charge < -0.3 is 9.62 Å². The van der Waals surface area contributed by atoms with Gasteiger partial charge in [0.2, 0.25) is 0 Å². The molecule has 7 rings (SSSR count). The molecule has 0 spiro atoms. The average Bonchev–Trinajstić information content (AvgIpc) is 3.20. The molecule has 0 aliphatic carbocycles. The summed E-state index contributed by atoms with van der Waals surface area (Å²) in [4.78, 5) is 9.92. The molecule has 0 radical (unpaired) electrons. The van der Waals surface area contributed by atoms with Crippen LogP contribution in [0.5, 0.6) is 0 Å². The second kappa shape index (κ2) is 6.23. The van der Waals surface area contributed by atoms with Crippen molar-refractivity contribution in [3.05, 3.63) is 109 Å². The van der Waals surface area contributed by atoms with Gasteiger partial charge in [-0.2, -0.15) is 0 Å². The maximum Gasteiger partial charge on any atom is 0.422 e. The molecular formula is C27H18BN3. The largest absolute Gasteiger partial charge is 0.422 e. The van der Waals surface area contributed by atoms with Crippen molar-refractivity contribution < 1.29 is 0 Å². The van der Waals surface area contributed by atoms with Crippen LogP contribution in [0.4, 0.5) is 22.9 Å². The van der Waals surface area contributed by atoms with E-state index < -0.39 is 0 Å². The molecule has 0 saturated heterocycles. The number of aromatic nitrogens is 1. The SMILES string of the molecule is c1ccc2c(c1)B1N(c3ccc4ccccc4n3)c3ccccc3N1c1ccccc1-2. The van der Waals surface area contributed by atoms with Crippen LogP contribution in [0.2, 0.25) is 0 Å². The Morgan fingerprint density at radius 1 is 0.516 bits per heavy atom. The third-order valence-electron chi connectivity index (χ3n) is 6.41. The van der Waals surface area contributed by atoms with Crippen molar-refractivity contribution in [3.63, 3.8) is 0 Å². The minimum Gasteiger partial charge on any atom is -0.359 e. The van der Waals surface area contributed by atoms with Gasteiger partial charge >= 0.3 is 6.98 Å². The number of benzene rings is 4. The smallest absolute Gasteiger partial charge is 0.359 e. The molecule has 4 heteroatoms. The minimum absolute atomic E-state index is 0.0252. The van der Waals surface area contributed by atoms with E-state index in [1.165, 1.54) is 33.7 Å². The predicted octanol–water partition coefficient (Wildman–Crippen LogP) is 5.90. The molecule has 0 amide bonds. The van der Waals surface area contributed by atoms with Crippen LogP contribution < -0.4 is 15.1 Å². The third kappa shape index (κ3) is 2.27. The number of anilines is 4. The van der Waals surface area contributed by atoms with Gasteiger partial charge in [0.15, 0.2) is 0 Å². The second-order valence-corrected chi connectivity index (χ2v) is 8.07. The summed E-state index contributed by atoms with van der Waals surface area (Å²) in [5.41, 5.74) is 8.51. The Hall–Kier alpha value is -4.05. The molecule has 0 N–H and O–H groups in total. The summed E-state index contributed by atoms with van der Waals surface area (Å²) in [6.45, 7) is 0.0252. The minimum atomic E-state index is 0.0252. The maximum absolute atomic E-state index is 5.08. The van der Waals surface area contributed by atoms with Gasteiger partial charge in [0.25, 0.3) is 0 Å². The number of rotatable bonds is 1. The first kappa shape index (κ1) is 16.7. The number of hydrogen-bond donors (Lipinski definition) is 0. The van der Waals surface area contributed by atoms with Crippen molar-refractivity contribution in [2.24, 2.45) is 0 Å². The van der Waals surface area contributed by atoms with Crippen LogP contribution in [-0.2, 0) is 0 Å². The van der Waals surface area contributed by atoms with Crippen molar-refractivity contribution in [1.82, 2.24) is 4.98 Å². The molecule has 2 aliphatic rings. The van der Waals surface area contributed by atoms with Crippen molar-refractivity contribution in [3.8, 4) is 11.1 Å². The summed E-state index contributed by atoms with van der Waals surface area (Å²) in [7, 11) is 0. The van der Waals surface area contributed by atoms with E-state index in [9.17, 15) is 0 Å². The van der Waals surface area contributed by atoms with Crippen molar-refractivity contribution in [2.75, 3.05) is 9.62 Å². The molecule has 0 atom stereocenters. The molecule has 3 nitrogen and oxygen atoms in total. The normalized spacial score (nSPS) is 13.6. The van der Waals surface area contributed by atoms with Gasteiger partial charge in [-0.3, -0.25) is 0 Å². The van der Waals surface area contributed by atoms with Gasteiger partial charge in [-0.1, -0.05) is 72.8 Å². The molecule has 0 bridgehead atoms. The fourth-order valence-electron chi connectivity index (χ4n) is 5.11. The highest BCUT2D eigenvalue weighted by atomic mass is 15.3.